The van der Waals surface area contributed by atoms with Crippen molar-refractivity contribution >= 4 is 35.2 Å². The Morgan fingerprint density at radius 2 is 1.53 bits per heavy atom. The van der Waals surface area contributed by atoms with Gasteiger partial charge in [0.1, 0.15) is 0 Å². The minimum Gasteiger partial charge on any atom is -0.452 e. The molecule has 0 aliphatic carbocycles. The monoisotopic (exact) mass is 436 g/mol. The number of thioether (sulfide) groups is 1. The number of alkyl halides is 2. The summed E-state index contributed by atoms with van der Waals surface area (Å²) < 4.78 is 29.6. The molecule has 0 aliphatic rings. The summed E-state index contributed by atoms with van der Waals surface area (Å²) in [6.07, 6.45) is 0. The van der Waals surface area contributed by atoms with Gasteiger partial charge in [0.25, 0.3) is 17.6 Å². The number of ether oxygens (including phenoxy) is 1. The normalized spacial score (nSPS) is 10.6. The van der Waals surface area contributed by atoms with Gasteiger partial charge in [0.15, 0.2) is 6.61 Å². The molecule has 160 valence electrons. The van der Waals surface area contributed by atoms with Crippen LogP contribution in [0.2, 0.25) is 0 Å². The zero-order valence-electron chi connectivity index (χ0n) is 16.6. The van der Waals surface area contributed by atoms with E-state index in [1.807, 2.05) is 13.8 Å². The molecule has 0 radical (unpaired) electrons. The Bertz CT molecular complexity index is 870. The van der Waals surface area contributed by atoms with Gasteiger partial charge < -0.3 is 15.0 Å². The van der Waals surface area contributed by atoms with E-state index in [4.69, 9.17) is 4.74 Å². The molecule has 0 unspecified atom stereocenters. The molecule has 0 heterocycles. The van der Waals surface area contributed by atoms with E-state index in [2.05, 4.69) is 5.32 Å². The zero-order valence-corrected chi connectivity index (χ0v) is 17.4. The van der Waals surface area contributed by atoms with Gasteiger partial charge in [-0.1, -0.05) is 11.8 Å². The zero-order chi connectivity index (χ0) is 22.1. The van der Waals surface area contributed by atoms with Crippen LogP contribution in [0.5, 0.6) is 0 Å². The Morgan fingerprint density at radius 1 is 0.967 bits per heavy atom. The number of nitrogens with zero attached hydrogens (tertiary/aromatic N) is 1. The molecule has 2 aromatic rings. The van der Waals surface area contributed by atoms with Crippen LogP contribution in [0.15, 0.2) is 53.4 Å². The number of carbonyl (C=O) groups is 3. The van der Waals surface area contributed by atoms with Crippen molar-refractivity contribution in [1.82, 2.24) is 4.90 Å². The smallest absolute Gasteiger partial charge is 0.338 e. The maximum atomic E-state index is 12.3. The van der Waals surface area contributed by atoms with Gasteiger partial charge >= 0.3 is 5.97 Å². The lowest BCUT2D eigenvalue weighted by Gasteiger charge is -2.18. The number of halogens is 2. The lowest BCUT2D eigenvalue weighted by molar-refractivity contribution is -0.119. The Balaban J connectivity index is 1.85. The van der Waals surface area contributed by atoms with Crippen LogP contribution in [-0.2, 0) is 9.53 Å². The molecule has 0 aliphatic heterocycles. The van der Waals surface area contributed by atoms with Gasteiger partial charge in [0.05, 0.1) is 5.56 Å². The predicted molar refractivity (Wildman–Crippen MR) is 111 cm³/mol. The maximum Gasteiger partial charge on any atom is 0.338 e. The number of nitrogens with one attached hydrogen (secondary N) is 1. The summed E-state index contributed by atoms with van der Waals surface area (Å²) in [5.41, 5.74) is 1.12. The molecule has 2 rings (SSSR count). The Hall–Kier alpha value is -2.94. The minimum atomic E-state index is -2.55. The summed E-state index contributed by atoms with van der Waals surface area (Å²) in [4.78, 5) is 38.2. The highest BCUT2D eigenvalue weighted by molar-refractivity contribution is 7.99. The topological polar surface area (TPSA) is 75.7 Å². The molecular weight excluding hydrogens is 414 g/mol. The first-order valence-electron chi connectivity index (χ1n) is 9.25. The van der Waals surface area contributed by atoms with Gasteiger partial charge in [-0.15, -0.1) is 0 Å². The van der Waals surface area contributed by atoms with E-state index in [0.29, 0.717) is 41.0 Å². The fraction of sp³-hybridized carbons (Fsp3) is 0.286. The molecule has 1 N–H and O–H groups in total. The van der Waals surface area contributed by atoms with Gasteiger partial charge in [0.2, 0.25) is 0 Å². The number of rotatable bonds is 9. The number of hydrogen-bond acceptors (Lipinski definition) is 5. The molecule has 0 aromatic heterocycles. The number of benzene rings is 2. The van der Waals surface area contributed by atoms with Gasteiger partial charge in [-0.2, -0.15) is 8.78 Å². The largest absolute Gasteiger partial charge is 0.452 e. The summed E-state index contributed by atoms with van der Waals surface area (Å²) in [5.74, 6) is -3.92. The minimum absolute atomic E-state index is 0.0928. The van der Waals surface area contributed by atoms with E-state index in [9.17, 15) is 23.2 Å². The van der Waals surface area contributed by atoms with E-state index < -0.39 is 24.2 Å². The third-order valence-corrected chi connectivity index (χ3v) is 4.84. The summed E-state index contributed by atoms with van der Waals surface area (Å²) in [7, 11) is 0. The fourth-order valence-electron chi connectivity index (χ4n) is 2.57. The number of amides is 2. The first kappa shape index (κ1) is 23.3. The van der Waals surface area contributed by atoms with Gasteiger partial charge in [0, 0.05) is 29.2 Å². The van der Waals surface area contributed by atoms with Crippen LogP contribution in [0.3, 0.4) is 0 Å². The molecule has 0 saturated heterocycles. The van der Waals surface area contributed by atoms with Crippen LogP contribution in [0.1, 0.15) is 34.6 Å². The SMILES string of the molecule is CCN(CC)C(=O)c1ccc(NC(=O)COC(=O)c2ccc(SC(F)F)cc2)cc1. The fourth-order valence-corrected chi connectivity index (χ4v) is 3.07. The van der Waals surface area contributed by atoms with Crippen molar-refractivity contribution in [2.75, 3.05) is 25.0 Å². The molecule has 0 bridgehead atoms. The maximum absolute atomic E-state index is 12.3. The Kier molecular flexibility index (Phi) is 8.79. The van der Waals surface area contributed by atoms with Crippen LogP contribution < -0.4 is 5.32 Å². The number of esters is 1. The van der Waals surface area contributed by atoms with Crippen LogP contribution in [0, 0.1) is 0 Å². The average molecular weight is 436 g/mol. The Morgan fingerprint density at radius 3 is 2.07 bits per heavy atom. The molecule has 6 nitrogen and oxygen atoms in total. The van der Waals surface area contributed by atoms with Crippen molar-refractivity contribution < 1.29 is 27.9 Å². The van der Waals surface area contributed by atoms with Crippen molar-refractivity contribution in [3.05, 3.63) is 59.7 Å². The third kappa shape index (κ3) is 6.84. The lowest BCUT2D eigenvalue weighted by Crippen LogP contribution is -2.30. The summed E-state index contributed by atoms with van der Waals surface area (Å²) >= 11 is 0.372. The second-order valence-corrected chi connectivity index (χ2v) is 7.15. The van der Waals surface area contributed by atoms with Crippen LogP contribution in [0.4, 0.5) is 14.5 Å². The number of hydrogen-bond donors (Lipinski definition) is 1. The summed E-state index contributed by atoms with van der Waals surface area (Å²) in [6, 6.07) is 11.9. The molecule has 30 heavy (non-hydrogen) atoms. The highest BCUT2D eigenvalue weighted by Gasteiger charge is 2.14. The van der Waals surface area contributed by atoms with Gasteiger partial charge in [-0.05, 0) is 62.4 Å². The quantitative estimate of drug-likeness (QED) is 0.469. The highest BCUT2D eigenvalue weighted by atomic mass is 32.2. The van der Waals surface area contributed by atoms with E-state index >= 15 is 0 Å². The van der Waals surface area contributed by atoms with E-state index in [1.165, 1.54) is 24.3 Å². The number of carbonyl (C=O) groups excluding carboxylic acids is 3. The average Bonchev–Trinajstić information content (AvgIpc) is 2.73. The van der Waals surface area contributed by atoms with Crippen molar-refractivity contribution in [2.24, 2.45) is 0 Å². The number of anilines is 1. The first-order valence-corrected chi connectivity index (χ1v) is 10.1. The molecule has 2 aromatic carbocycles. The molecule has 9 heteroatoms. The van der Waals surface area contributed by atoms with Crippen LogP contribution in [0.25, 0.3) is 0 Å². The standard InChI is InChI=1S/C21H22F2N2O4S/c1-3-25(4-2)19(27)14-5-9-16(10-6-14)24-18(26)13-29-20(28)15-7-11-17(12-8-15)30-21(22)23/h5-12,21H,3-4,13H2,1-2H3,(H,24,26). The van der Waals surface area contributed by atoms with E-state index in [-0.39, 0.29) is 11.5 Å². The molecular formula is C21H22F2N2O4S. The Labute approximate surface area is 177 Å². The molecule has 0 atom stereocenters. The third-order valence-electron chi connectivity index (χ3n) is 4.12. The molecule has 0 fully saturated rings. The van der Waals surface area contributed by atoms with Crippen molar-refractivity contribution in [1.29, 1.82) is 0 Å². The highest BCUT2D eigenvalue weighted by Crippen LogP contribution is 2.25. The van der Waals surface area contributed by atoms with E-state index in [1.54, 1.807) is 29.2 Å². The van der Waals surface area contributed by atoms with Gasteiger partial charge in [-0.25, -0.2) is 4.79 Å². The van der Waals surface area contributed by atoms with Gasteiger partial charge in [-0.3, -0.25) is 9.59 Å². The van der Waals surface area contributed by atoms with Crippen LogP contribution in [-0.4, -0.2) is 48.1 Å². The van der Waals surface area contributed by atoms with Crippen molar-refractivity contribution in [2.45, 2.75) is 24.5 Å². The second-order valence-electron chi connectivity index (χ2n) is 6.08. The molecule has 2 amide bonds. The molecule has 0 spiro atoms. The van der Waals surface area contributed by atoms with Crippen molar-refractivity contribution in [3.63, 3.8) is 0 Å². The molecule has 0 saturated carbocycles. The van der Waals surface area contributed by atoms with Crippen LogP contribution >= 0.6 is 11.8 Å². The summed E-state index contributed by atoms with van der Waals surface area (Å²) in [6.45, 7) is 4.49. The predicted octanol–water partition coefficient (Wildman–Crippen LogP) is 4.28. The second kappa shape index (κ2) is 11.3. The summed E-state index contributed by atoms with van der Waals surface area (Å²) in [5, 5.41) is 2.58. The van der Waals surface area contributed by atoms with E-state index in [0.717, 1.165) is 0 Å². The lowest BCUT2D eigenvalue weighted by atomic mass is 10.2. The van der Waals surface area contributed by atoms with Crippen molar-refractivity contribution in [3.8, 4) is 0 Å². The first-order chi connectivity index (χ1) is 14.3.